The molecule has 0 atom stereocenters. The number of hydrogen-bond donors (Lipinski definition) is 2. The van der Waals surface area contributed by atoms with Gasteiger partial charge in [0.15, 0.2) is 11.5 Å². The third-order valence-electron chi connectivity index (χ3n) is 2.45. The molecule has 0 bridgehead atoms. The number of fused-ring (bicyclic) bond motifs is 1. The molecular weight excluding hydrogens is 220 g/mol. The van der Waals surface area contributed by atoms with Crippen molar-refractivity contribution in [3.8, 4) is 17.2 Å². The second-order valence-electron chi connectivity index (χ2n) is 3.85. The molecular formula is C12H16N2O3. The second kappa shape index (κ2) is 5.43. The molecule has 1 heterocycles. The lowest BCUT2D eigenvalue weighted by molar-refractivity contribution is 0.173. The van der Waals surface area contributed by atoms with Crippen molar-refractivity contribution in [2.75, 3.05) is 13.4 Å². The van der Waals surface area contributed by atoms with Crippen LogP contribution in [0.5, 0.6) is 17.2 Å². The SMILES string of the molecule is N=C(N)CCCCOc1ccc2c(c1)OCO2. The van der Waals surface area contributed by atoms with Crippen LogP contribution >= 0.6 is 0 Å². The molecule has 17 heavy (non-hydrogen) atoms. The van der Waals surface area contributed by atoms with E-state index in [4.69, 9.17) is 25.4 Å². The van der Waals surface area contributed by atoms with Crippen molar-refractivity contribution >= 4 is 5.84 Å². The van der Waals surface area contributed by atoms with Gasteiger partial charge in [0.05, 0.1) is 12.4 Å². The number of benzene rings is 1. The zero-order valence-electron chi connectivity index (χ0n) is 9.57. The van der Waals surface area contributed by atoms with E-state index in [0.717, 1.165) is 30.1 Å². The summed E-state index contributed by atoms with van der Waals surface area (Å²) in [5.41, 5.74) is 5.26. The molecule has 0 spiro atoms. The molecule has 0 saturated heterocycles. The Morgan fingerprint density at radius 1 is 1.29 bits per heavy atom. The van der Waals surface area contributed by atoms with Gasteiger partial charge in [-0.25, -0.2) is 0 Å². The highest BCUT2D eigenvalue weighted by molar-refractivity contribution is 5.76. The number of hydrogen-bond acceptors (Lipinski definition) is 4. The Morgan fingerprint density at radius 2 is 2.12 bits per heavy atom. The zero-order chi connectivity index (χ0) is 12.1. The summed E-state index contributed by atoms with van der Waals surface area (Å²) in [5.74, 6) is 2.49. The van der Waals surface area contributed by atoms with Crippen LogP contribution in [-0.2, 0) is 0 Å². The first-order chi connectivity index (χ1) is 8.25. The van der Waals surface area contributed by atoms with Gasteiger partial charge in [0.2, 0.25) is 6.79 Å². The van der Waals surface area contributed by atoms with Crippen LogP contribution in [0.2, 0.25) is 0 Å². The maximum atomic E-state index is 7.08. The van der Waals surface area contributed by atoms with E-state index in [0.29, 0.717) is 13.0 Å². The Morgan fingerprint density at radius 3 is 2.94 bits per heavy atom. The van der Waals surface area contributed by atoms with Gasteiger partial charge in [0.25, 0.3) is 0 Å². The fraction of sp³-hybridized carbons (Fsp3) is 0.417. The standard InChI is InChI=1S/C12H16N2O3/c13-12(14)3-1-2-6-15-9-4-5-10-11(7-9)17-8-16-10/h4-5,7H,1-3,6,8H2,(H3,13,14). The second-order valence-corrected chi connectivity index (χ2v) is 3.85. The summed E-state index contributed by atoms with van der Waals surface area (Å²) in [7, 11) is 0. The van der Waals surface area contributed by atoms with E-state index in [1.54, 1.807) is 0 Å². The van der Waals surface area contributed by atoms with Gasteiger partial charge >= 0.3 is 0 Å². The van der Waals surface area contributed by atoms with Gasteiger partial charge < -0.3 is 19.9 Å². The highest BCUT2D eigenvalue weighted by atomic mass is 16.7. The third kappa shape index (κ3) is 3.27. The van der Waals surface area contributed by atoms with Crippen molar-refractivity contribution in [3.05, 3.63) is 18.2 Å². The molecule has 0 unspecified atom stereocenters. The lowest BCUT2D eigenvalue weighted by Gasteiger charge is -2.06. The van der Waals surface area contributed by atoms with Gasteiger partial charge in [-0.05, 0) is 25.0 Å². The molecule has 1 aromatic carbocycles. The van der Waals surface area contributed by atoms with Gasteiger partial charge in [-0.3, -0.25) is 5.41 Å². The van der Waals surface area contributed by atoms with Gasteiger partial charge in [-0.1, -0.05) is 0 Å². The topological polar surface area (TPSA) is 77.6 Å². The quantitative estimate of drug-likeness (QED) is 0.449. The van der Waals surface area contributed by atoms with E-state index in [1.165, 1.54) is 0 Å². The molecule has 0 aromatic heterocycles. The number of rotatable bonds is 6. The van der Waals surface area contributed by atoms with Crippen LogP contribution in [0.3, 0.4) is 0 Å². The minimum atomic E-state index is 0.230. The van der Waals surface area contributed by atoms with Crippen LogP contribution in [-0.4, -0.2) is 19.2 Å². The van der Waals surface area contributed by atoms with E-state index in [9.17, 15) is 0 Å². The summed E-state index contributed by atoms with van der Waals surface area (Å²) in [6.45, 7) is 0.893. The van der Waals surface area contributed by atoms with Gasteiger partial charge in [-0.15, -0.1) is 0 Å². The summed E-state index contributed by atoms with van der Waals surface area (Å²) in [4.78, 5) is 0. The molecule has 1 aliphatic heterocycles. The van der Waals surface area contributed by atoms with Crippen LogP contribution in [0.4, 0.5) is 0 Å². The first-order valence-electron chi connectivity index (χ1n) is 5.61. The van der Waals surface area contributed by atoms with Crippen molar-refractivity contribution in [2.45, 2.75) is 19.3 Å². The lowest BCUT2D eigenvalue weighted by atomic mass is 10.2. The average molecular weight is 236 g/mol. The van der Waals surface area contributed by atoms with Crippen LogP contribution < -0.4 is 19.9 Å². The first kappa shape index (κ1) is 11.6. The minimum absolute atomic E-state index is 0.230. The van der Waals surface area contributed by atoms with E-state index in [-0.39, 0.29) is 12.6 Å². The lowest BCUT2D eigenvalue weighted by Crippen LogP contribution is -2.09. The summed E-state index contributed by atoms with van der Waals surface area (Å²) in [6, 6.07) is 5.53. The summed E-state index contributed by atoms with van der Waals surface area (Å²) in [5, 5.41) is 7.08. The molecule has 92 valence electrons. The van der Waals surface area contributed by atoms with E-state index in [1.807, 2.05) is 18.2 Å². The van der Waals surface area contributed by atoms with Crippen molar-refractivity contribution in [1.29, 1.82) is 5.41 Å². The molecule has 0 radical (unpaired) electrons. The highest BCUT2D eigenvalue weighted by Crippen LogP contribution is 2.35. The molecule has 0 aliphatic carbocycles. The first-order valence-corrected chi connectivity index (χ1v) is 5.61. The van der Waals surface area contributed by atoms with E-state index >= 15 is 0 Å². The molecule has 5 nitrogen and oxygen atoms in total. The number of unbranched alkanes of at least 4 members (excludes halogenated alkanes) is 1. The van der Waals surface area contributed by atoms with Crippen molar-refractivity contribution in [2.24, 2.45) is 5.73 Å². The molecule has 0 fully saturated rings. The number of nitrogens with two attached hydrogens (primary N) is 1. The maximum Gasteiger partial charge on any atom is 0.231 e. The molecule has 0 amide bonds. The molecule has 5 heteroatoms. The van der Waals surface area contributed by atoms with Gasteiger partial charge in [-0.2, -0.15) is 0 Å². The number of amidine groups is 1. The molecule has 1 aliphatic rings. The summed E-state index contributed by atoms with van der Waals surface area (Å²) in [6.07, 6.45) is 2.39. The third-order valence-corrected chi connectivity index (χ3v) is 2.45. The predicted octanol–water partition coefficient (Wildman–Crippen LogP) is 1.90. The van der Waals surface area contributed by atoms with Gasteiger partial charge in [0.1, 0.15) is 5.75 Å². The van der Waals surface area contributed by atoms with Crippen molar-refractivity contribution in [3.63, 3.8) is 0 Å². The summed E-state index contributed by atoms with van der Waals surface area (Å²) >= 11 is 0. The van der Waals surface area contributed by atoms with Crippen LogP contribution in [0.1, 0.15) is 19.3 Å². The highest BCUT2D eigenvalue weighted by Gasteiger charge is 2.13. The Labute approximate surface area is 100.0 Å². The Balaban J connectivity index is 1.74. The minimum Gasteiger partial charge on any atom is -0.493 e. The fourth-order valence-corrected chi connectivity index (χ4v) is 1.57. The van der Waals surface area contributed by atoms with Crippen molar-refractivity contribution < 1.29 is 14.2 Å². The smallest absolute Gasteiger partial charge is 0.231 e. The molecule has 3 N–H and O–H groups in total. The molecule has 1 aromatic rings. The maximum absolute atomic E-state index is 7.08. The fourth-order valence-electron chi connectivity index (χ4n) is 1.57. The monoisotopic (exact) mass is 236 g/mol. The van der Waals surface area contributed by atoms with Crippen LogP contribution in [0.15, 0.2) is 18.2 Å². The Kier molecular flexibility index (Phi) is 3.69. The average Bonchev–Trinajstić information content (AvgIpc) is 2.75. The van der Waals surface area contributed by atoms with Crippen LogP contribution in [0, 0.1) is 5.41 Å². The zero-order valence-corrected chi connectivity index (χ0v) is 9.57. The van der Waals surface area contributed by atoms with Crippen LogP contribution in [0.25, 0.3) is 0 Å². The normalized spacial score (nSPS) is 12.5. The molecule has 0 saturated carbocycles. The molecule has 2 rings (SSSR count). The van der Waals surface area contributed by atoms with Crippen molar-refractivity contribution in [1.82, 2.24) is 0 Å². The Hall–Kier alpha value is -1.91. The Bertz CT molecular complexity index is 407. The van der Waals surface area contributed by atoms with E-state index < -0.39 is 0 Å². The van der Waals surface area contributed by atoms with E-state index in [2.05, 4.69) is 0 Å². The number of ether oxygens (including phenoxy) is 3. The number of nitrogens with one attached hydrogen (secondary N) is 1. The van der Waals surface area contributed by atoms with Gasteiger partial charge in [0, 0.05) is 12.5 Å². The summed E-state index contributed by atoms with van der Waals surface area (Å²) < 4.78 is 16.0. The predicted molar refractivity (Wildman–Crippen MR) is 63.8 cm³/mol. The largest absolute Gasteiger partial charge is 0.493 e.